The van der Waals surface area contributed by atoms with E-state index in [2.05, 4.69) is 4.74 Å². The number of nitrogens with zero attached hydrogens (tertiary/aromatic N) is 2. The van der Waals surface area contributed by atoms with Gasteiger partial charge in [0.15, 0.2) is 0 Å². The van der Waals surface area contributed by atoms with Crippen molar-refractivity contribution < 1.29 is 19.2 Å². The van der Waals surface area contributed by atoms with E-state index in [0.717, 1.165) is 0 Å². The van der Waals surface area contributed by atoms with E-state index in [1.165, 1.54) is 18.1 Å². The van der Waals surface area contributed by atoms with Gasteiger partial charge in [0.25, 0.3) is 11.6 Å². The fourth-order valence-corrected chi connectivity index (χ4v) is 1.94. The Bertz CT molecular complexity index is 556. The standard InChI is InChI=1S/C14H18N2O5/c1-10-6-4-7-11(13(10)16(19)20)14(18)15(2)9-5-8-12(17)21-3/h4,6-7H,5,8-9H2,1-3H3. The zero-order valence-electron chi connectivity index (χ0n) is 12.3. The summed E-state index contributed by atoms with van der Waals surface area (Å²) < 4.78 is 4.51. The average Bonchev–Trinajstić information content (AvgIpc) is 2.45. The van der Waals surface area contributed by atoms with Crippen molar-refractivity contribution in [3.05, 3.63) is 39.4 Å². The molecule has 7 nitrogen and oxygen atoms in total. The van der Waals surface area contributed by atoms with Gasteiger partial charge in [0.1, 0.15) is 5.56 Å². The number of nitro groups is 1. The van der Waals surface area contributed by atoms with Gasteiger partial charge in [-0.1, -0.05) is 12.1 Å². The molecule has 0 aliphatic rings. The van der Waals surface area contributed by atoms with Crippen molar-refractivity contribution in [2.75, 3.05) is 20.7 Å². The van der Waals surface area contributed by atoms with Crippen LogP contribution in [0.4, 0.5) is 5.69 Å². The second kappa shape index (κ2) is 7.37. The van der Waals surface area contributed by atoms with E-state index in [1.807, 2.05) is 0 Å². The molecule has 1 rings (SSSR count). The second-order valence-corrected chi connectivity index (χ2v) is 4.63. The molecule has 1 aromatic rings. The Morgan fingerprint density at radius 1 is 1.38 bits per heavy atom. The lowest BCUT2D eigenvalue weighted by Crippen LogP contribution is -2.29. The summed E-state index contributed by atoms with van der Waals surface area (Å²) >= 11 is 0. The lowest BCUT2D eigenvalue weighted by atomic mass is 10.1. The number of esters is 1. The molecule has 0 saturated heterocycles. The lowest BCUT2D eigenvalue weighted by molar-refractivity contribution is -0.385. The number of amides is 1. The number of carbonyl (C=O) groups is 2. The first-order chi connectivity index (χ1) is 9.88. The molecule has 0 aromatic heterocycles. The van der Waals surface area contributed by atoms with Gasteiger partial charge in [-0.15, -0.1) is 0 Å². The molecule has 114 valence electrons. The van der Waals surface area contributed by atoms with Gasteiger partial charge in [0.05, 0.1) is 12.0 Å². The molecular formula is C14H18N2O5. The number of hydrogen-bond donors (Lipinski definition) is 0. The molecule has 0 spiro atoms. The zero-order chi connectivity index (χ0) is 16.0. The third-order valence-electron chi connectivity index (χ3n) is 3.10. The van der Waals surface area contributed by atoms with Crippen molar-refractivity contribution in [1.82, 2.24) is 4.90 Å². The predicted molar refractivity (Wildman–Crippen MR) is 76.0 cm³/mol. The third kappa shape index (κ3) is 4.27. The van der Waals surface area contributed by atoms with Crippen LogP contribution in [0.2, 0.25) is 0 Å². The van der Waals surface area contributed by atoms with E-state index in [1.54, 1.807) is 26.1 Å². The summed E-state index contributed by atoms with van der Waals surface area (Å²) in [5.74, 6) is -0.785. The molecule has 0 unspecified atom stereocenters. The number of aryl methyl sites for hydroxylation is 1. The van der Waals surface area contributed by atoms with Crippen molar-refractivity contribution in [3.63, 3.8) is 0 Å². The maximum atomic E-state index is 12.3. The van der Waals surface area contributed by atoms with Crippen molar-refractivity contribution in [3.8, 4) is 0 Å². The van der Waals surface area contributed by atoms with E-state index in [0.29, 0.717) is 18.5 Å². The molecule has 0 aliphatic carbocycles. The molecule has 21 heavy (non-hydrogen) atoms. The summed E-state index contributed by atoms with van der Waals surface area (Å²) in [4.78, 5) is 35.2. The molecule has 0 fully saturated rings. The minimum atomic E-state index is -0.551. The summed E-state index contributed by atoms with van der Waals surface area (Å²) in [6.07, 6.45) is 0.637. The Labute approximate surface area is 122 Å². The van der Waals surface area contributed by atoms with Gasteiger partial charge < -0.3 is 9.64 Å². The summed E-state index contributed by atoms with van der Waals surface area (Å²) in [7, 11) is 2.85. The van der Waals surface area contributed by atoms with Gasteiger partial charge in [-0.25, -0.2) is 0 Å². The highest BCUT2D eigenvalue weighted by molar-refractivity contribution is 5.98. The fourth-order valence-electron chi connectivity index (χ4n) is 1.94. The van der Waals surface area contributed by atoms with Crippen molar-refractivity contribution >= 4 is 17.6 Å². The molecular weight excluding hydrogens is 276 g/mol. The first-order valence-electron chi connectivity index (χ1n) is 6.44. The Morgan fingerprint density at radius 2 is 2.05 bits per heavy atom. The molecule has 0 aliphatic heterocycles. The fraction of sp³-hybridized carbons (Fsp3) is 0.429. The largest absolute Gasteiger partial charge is 0.469 e. The molecule has 0 bridgehead atoms. The summed E-state index contributed by atoms with van der Waals surface area (Å²) in [5, 5.41) is 11.1. The number of nitro benzene ring substituents is 1. The molecule has 0 saturated carbocycles. The quantitative estimate of drug-likeness (QED) is 0.454. The first-order valence-corrected chi connectivity index (χ1v) is 6.44. The van der Waals surface area contributed by atoms with Crippen LogP contribution < -0.4 is 0 Å². The number of hydrogen-bond acceptors (Lipinski definition) is 5. The van der Waals surface area contributed by atoms with Crippen LogP contribution in [-0.2, 0) is 9.53 Å². The summed E-state index contributed by atoms with van der Waals surface area (Å²) in [5.41, 5.74) is 0.316. The topological polar surface area (TPSA) is 89.8 Å². The van der Waals surface area contributed by atoms with Gasteiger partial charge in [0.2, 0.25) is 0 Å². The van der Waals surface area contributed by atoms with E-state index < -0.39 is 10.8 Å². The normalized spacial score (nSPS) is 10.0. The highest BCUT2D eigenvalue weighted by atomic mass is 16.6. The number of rotatable bonds is 6. The van der Waals surface area contributed by atoms with Crippen LogP contribution in [-0.4, -0.2) is 42.4 Å². The number of para-hydroxylation sites is 1. The maximum absolute atomic E-state index is 12.3. The van der Waals surface area contributed by atoms with Crippen LogP contribution in [0.5, 0.6) is 0 Å². The Kier molecular flexibility index (Phi) is 5.83. The zero-order valence-corrected chi connectivity index (χ0v) is 12.3. The van der Waals surface area contributed by atoms with Gasteiger partial charge in [-0.2, -0.15) is 0 Å². The van der Waals surface area contributed by atoms with Crippen LogP contribution in [0, 0.1) is 17.0 Å². The summed E-state index contributed by atoms with van der Waals surface area (Å²) in [6, 6.07) is 4.63. The van der Waals surface area contributed by atoms with E-state index in [-0.39, 0.29) is 23.6 Å². The second-order valence-electron chi connectivity index (χ2n) is 4.63. The smallest absolute Gasteiger partial charge is 0.305 e. The monoisotopic (exact) mass is 294 g/mol. The summed E-state index contributed by atoms with van der Waals surface area (Å²) in [6.45, 7) is 1.91. The Morgan fingerprint density at radius 3 is 2.62 bits per heavy atom. The molecule has 0 heterocycles. The van der Waals surface area contributed by atoms with Gasteiger partial charge in [-0.3, -0.25) is 19.7 Å². The number of carbonyl (C=O) groups excluding carboxylic acids is 2. The van der Waals surface area contributed by atoms with Crippen molar-refractivity contribution in [1.29, 1.82) is 0 Å². The highest BCUT2D eigenvalue weighted by Crippen LogP contribution is 2.24. The molecule has 7 heteroatoms. The number of ether oxygens (including phenoxy) is 1. The van der Waals surface area contributed by atoms with Crippen LogP contribution in [0.15, 0.2) is 18.2 Å². The number of benzene rings is 1. The molecule has 1 aromatic carbocycles. The average molecular weight is 294 g/mol. The van der Waals surface area contributed by atoms with Crippen LogP contribution in [0.1, 0.15) is 28.8 Å². The third-order valence-corrected chi connectivity index (χ3v) is 3.10. The maximum Gasteiger partial charge on any atom is 0.305 e. The number of methoxy groups -OCH3 is 1. The van der Waals surface area contributed by atoms with Gasteiger partial charge in [-0.05, 0) is 19.4 Å². The molecule has 1 amide bonds. The molecule has 0 radical (unpaired) electrons. The first kappa shape index (κ1) is 16.6. The van der Waals surface area contributed by atoms with E-state index in [9.17, 15) is 19.7 Å². The minimum absolute atomic E-state index is 0.0561. The van der Waals surface area contributed by atoms with E-state index >= 15 is 0 Å². The van der Waals surface area contributed by atoms with Crippen LogP contribution in [0.3, 0.4) is 0 Å². The Hall–Kier alpha value is -2.44. The molecule has 0 atom stereocenters. The van der Waals surface area contributed by atoms with Crippen molar-refractivity contribution in [2.45, 2.75) is 19.8 Å². The van der Waals surface area contributed by atoms with Gasteiger partial charge >= 0.3 is 5.97 Å². The lowest BCUT2D eigenvalue weighted by Gasteiger charge is -2.17. The van der Waals surface area contributed by atoms with E-state index in [4.69, 9.17) is 0 Å². The SMILES string of the molecule is COC(=O)CCCN(C)C(=O)c1cccc(C)c1[N+](=O)[O-]. The minimum Gasteiger partial charge on any atom is -0.469 e. The van der Waals surface area contributed by atoms with Crippen LogP contribution >= 0.6 is 0 Å². The predicted octanol–water partition coefficient (Wildman–Crippen LogP) is 1.93. The van der Waals surface area contributed by atoms with Crippen LogP contribution in [0.25, 0.3) is 0 Å². The van der Waals surface area contributed by atoms with Gasteiger partial charge in [0, 0.05) is 25.6 Å². The van der Waals surface area contributed by atoms with Crippen molar-refractivity contribution in [2.24, 2.45) is 0 Å². The molecule has 0 N–H and O–H groups in total. The Balaban J connectivity index is 2.81. The highest BCUT2D eigenvalue weighted by Gasteiger charge is 2.24.